The predicted molar refractivity (Wildman–Crippen MR) is 127 cm³/mol. The molecule has 0 bridgehead atoms. The molecular weight excluding hydrogens is 474 g/mol. The molecule has 0 saturated carbocycles. The van der Waals surface area contributed by atoms with Gasteiger partial charge >= 0.3 is 6.18 Å². The van der Waals surface area contributed by atoms with Crippen molar-refractivity contribution in [2.24, 2.45) is 0 Å². The van der Waals surface area contributed by atoms with Gasteiger partial charge in [0.1, 0.15) is 11.3 Å². The number of methoxy groups -OCH3 is 1. The summed E-state index contributed by atoms with van der Waals surface area (Å²) >= 11 is 0. The fraction of sp³-hybridized carbons (Fsp3) is 0.269. The minimum absolute atomic E-state index is 0.141. The van der Waals surface area contributed by atoms with Crippen molar-refractivity contribution in [2.45, 2.75) is 31.5 Å². The Labute approximate surface area is 204 Å². The largest absolute Gasteiger partial charge is 0.481 e. The van der Waals surface area contributed by atoms with Gasteiger partial charge in [0.25, 0.3) is 0 Å². The molecule has 186 valence electrons. The van der Waals surface area contributed by atoms with Crippen LogP contribution in [0.25, 0.3) is 22.8 Å². The molecule has 0 aliphatic heterocycles. The lowest BCUT2D eigenvalue weighted by Crippen LogP contribution is -2.34. The Morgan fingerprint density at radius 1 is 1.19 bits per heavy atom. The van der Waals surface area contributed by atoms with Crippen molar-refractivity contribution >= 4 is 17.1 Å². The molecule has 1 unspecified atom stereocenters. The van der Waals surface area contributed by atoms with Crippen molar-refractivity contribution in [3.8, 4) is 11.6 Å². The number of fused-ring (bicyclic) bond motifs is 2. The molecule has 6 nitrogen and oxygen atoms in total. The van der Waals surface area contributed by atoms with Crippen molar-refractivity contribution in [1.29, 1.82) is 0 Å². The molecule has 0 radical (unpaired) electrons. The van der Waals surface area contributed by atoms with Gasteiger partial charge in [-0.15, -0.1) is 0 Å². The maximum Gasteiger partial charge on any atom is 0.416 e. The van der Waals surface area contributed by atoms with Crippen molar-refractivity contribution in [2.75, 3.05) is 13.7 Å². The number of ether oxygens (including phenoxy) is 1. The summed E-state index contributed by atoms with van der Waals surface area (Å²) in [7, 11) is 1.56. The van der Waals surface area contributed by atoms with Gasteiger partial charge < -0.3 is 10.1 Å². The Balaban J connectivity index is 1.28. The lowest BCUT2D eigenvalue weighted by molar-refractivity contribution is -0.137. The van der Waals surface area contributed by atoms with E-state index < -0.39 is 17.6 Å². The van der Waals surface area contributed by atoms with E-state index in [4.69, 9.17) is 9.84 Å². The Bertz CT molecular complexity index is 1430. The lowest BCUT2D eigenvalue weighted by Gasteiger charge is -2.21. The van der Waals surface area contributed by atoms with Crippen molar-refractivity contribution < 1.29 is 22.3 Å². The Kier molecular flexibility index (Phi) is 6.44. The zero-order chi connectivity index (χ0) is 25.3. The highest BCUT2D eigenvalue weighted by Crippen LogP contribution is 2.33. The molecule has 4 aromatic rings. The molecule has 1 aliphatic rings. The van der Waals surface area contributed by atoms with Gasteiger partial charge in [0, 0.05) is 31.0 Å². The summed E-state index contributed by atoms with van der Waals surface area (Å²) in [6.45, 7) is 0.362. The third-order valence-electron chi connectivity index (χ3n) is 6.21. The van der Waals surface area contributed by atoms with Gasteiger partial charge in [-0.2, -0.15) is 18.3 Å². The van der Waals surface area contributed by atoms with E-state index in [0.29, 0.717) is 17.9 Å². The van der Waals surface area contributed by atoms with Crippen LogP contribution in [0.15, 0.2) is 54.9 Å². The van der Waals surface area contributed by atoms with E-state index in [1.807, 2.05) is 23.0 Å². The van der Waals surface area contributed by atoms with E-state index in [1.165, 1.54) is 6.08 Å². The van der Waals surface area contributed by atoms with Crippen molar-refractivity contribution in [3.05, 3.63) is 83.1 Å². The standard InChI is InChI=1S/C26H23F4N5O/c1-36-24-9-8-22-25(33-24)23(10-12-32-22)35-15-17-14-19(5-7-21(17)34-35)31-11-2-3-16-13-18(27)4-6-20(16)26(28,29)30/h2-4,6,8-10,12-13,15,19,31H,5,7,11,14H2,1H3/b3-2+. The average molecular weight is 497 g/mol. The molecule has 1 aromatic carbocycles. The maximum atomic E-state index is 13.5. The van der Waals surface area contributed by atoms with Gasteiger partial charge in [0.05, 0.1) is 29.6 Å². The second-order valence-electron chi connectivity index (χ2n) is 8.58. The quantitative estimate of drug-likeness (QED) is 0.374. The molecule has 3 aromatic heterocycles. The van der Waals surface area contributed by atoms with Crippen molar-refractivity contribution in [3.63, 3.8) is 0 Å². The maximum absolute atomic E-state index is 13.5. The Hall–Kier alpha value is -3.79. The van der Waals surface area contributed by atoms with E-state index in [1.54, 1.807) is 25.4 Å². The molecule has 5 rings (SSSR count). The van der Waals surface area contributed by atoms with Crippen LogP contribution in [-0.4, -0.2) is 39.4 Å². The fourth-order valence-electron chi connectivity index (χ4n) is 4.44. The normalized spacial score (nSPS) is 16.0. The zero-order valence-corrected chi connectivity index (χ0v) is 19.4. The van der Waals surface area contributed by atoms with Crippen LogP contribution in [0.5, 0.6) is 5.88 Å². The van der Waals surface area contributed by atoms with Crippen LogP contribution < -0.4 is 10.1 Å². The summed E-state index contributed by atoms with van der Waals surface area (Å²) in [6.07, 6.45) is 4.40. The molecular formula is C26H23F4N5O. The third kappa shape index (κ3) is 4.94. The lowest BCUT2D eigenvalue weighted by atomic mass is 9.93. The topological polar surface area (TPSA) is 64.9 Å². The van der Waals surface area contributed by atoms with Crippen LogP contribution >= 0.6 is 0 Å². The Morgan fingerprint density at radius 3 is 2.86 bits per heavy atom. The highest BCUT2D eigenvalue weighted by Gasteiger charge is 2.32. The first-order valence-electron chi connectivity index (χ1n) is 11.5. The van der Waals surface area contributed by atoms with Gasteiger partial charge in [-0.05, 0) is 60.7 Å². The zero-order valence-electron chi connectivity index (χ0n) is 19.4. The molecule has 3 heterocycles. The summed E-state index contributed by atoms with van der Waals surface area (Å²) in [5, 5.41) is 8.12. The molecule has 36 heavy (non-hydrogen) atoms. The number of halogens is 4. The molecule has 1 atom stereocenters. The summed E-state index contributed by atoms with van der Waals surface area (Å²) in [5.74, 6) is -0.213. The fourth-order valence-corrected chi connectivity index (χ4v) is 4.44. The van der Waals surface area contributed by atoms with Crippen molar-refractivity contribution in [1.82, 2.24) is 25.1 Å². The molecule has 0 saturated heterocycles. The molecule has 10 heteroatoms. The Morgan fingerprint density at radius 2 is 2.06 bits per heavy atom. The van der Waals surface area contributed by atoms with E-state index >= 15 is 0 Å². The molecule has 1 N–H and O–H groups in total. The number of hydrogen-bond acceptors (Lipinski definition) is 5. The summed E-state index contributed by atoms with van der Waals surface area (Å²) in [4.78, 5) is 8.90. The first-order chi connectivity index (χ1) is 17.3. The number of aromatic nitrogens is 4. The SMILES string of the molecule is COc1ccc2nccc(-n3cc4c(n3)CCC(NC/C=C/c3cc(F)ccc3C(F)(F)F)C4)c2n1. The second-order valence-corrected chi connectivity index (χ2v) is 8.58. The smallest absolute Gasteiger partial charge is 0.416 e. The van der Waals surface area contributed by atoms with Gasteiger partial charge in [-0.25, -0.2) is 14.1 Å². The van der Waals surface area contributed by atoms with Crippen LogP contribution in [0, 0.1) is 5.82 Å². The molecule has 1 aliphatic carbocycles. The monoisotopic (exact) mass is 497 g/mol. The van der Waals surface area contributed by atoms with E-state index in [9.17, 15) is 17.6 Å². The van der Waals surface area contributed by atoms with Crippen LogP contribution in [0.4, 0.5) is 17.6 Å². The number of hydrogen-bond donors (Lipinski definition) is 1. The molecule has 0 amide bonds. The number of nitrogens with one attached hydrogen (secondary N) is 1. The third-order valence-corrected chi connectivity index (χ3v) is 6.21. The minimum Gasteiger partial charge on any atom is -0.481 e. The number of alkyl halides is 3. The minimum atomic E-state index is -4.54. The first kappa shape index (κ1) is 23.9. The number of rotatable bonds is 6. The van der Waals surface area contributed by atoms with E-state index in [0.717, 1.165) is 59.9 Å². The van der Waals surface area contributed by atoms with E-state index in [2.05, 4.69) is 15.3 Å². The first-order valence-corrected chi connectivity index (χ1v) is 11.5. The number of nitrogens with zero attached hydrogens (tertiary/aromatic N) is 4. The summed E-state index contributed by atoms with van der Waals surface area (Å²) < 4.78 is 60.1. The van der Waals surface area contributed by atoms with Crippen LogP contribution in [0.2, 0.25) is 0 Å². The summed E-state index contributed by atoms with van der Waals surface area (Å²) in [5.41, 5.74) is 3.28. The molecule has 0 spiro atoms. The van der Waals surface area contributed by atoms with Crippen LogP contribution in [0.1, 0.15) is 28.8 Å². The second kappa shape index (κ2) is 9.69. The van der Waals surface area contributed by atoms with Crippen LogP contribution in [0.3, 0.4) is 0 Å². The number of pyridine rings is 2. The van der Waals surface area contributed by atoms with E-state index in [-0.39, 0.29) is 11.6 Å². The average Bonchev–Trinajstić information content (AvgIpc) is 3.28. The van der Waals surface area contributed by atoms with Gasteiger partial charge in [-0.3, -0.25) is 4.98 Å². The van der Waals surface area contributed by atoms with Gasteiger partial charge in [-0.1, -0.05) is 12.2 Å². The molecule has 0 fully saturated rings. The number of benzene rings is 1. The van der Waals surface area contributed by atoms with Gasteiger partial charge in [0.15, 0.2) is 0 Å². The number of aryl methyl sites for hydroxylation is 1. The predicted octanol–water partition coefficient (Wildman–Crippen LogP) is 5.14. The van der Waals surface area contributed by atoms with Gasteiger partial charge in [0.2, 0.25) is 5.88 Å². The summed E-state index contributed by atoms with van der Waals surface area (Å²) in [6, 6.07) is 8.09. The van der Waals surface area contributed by atoms with Crippen LogP contribution in [-0.2, 0) is 19.0 Å². The highest BCUT2D eigenvalue weighted by molar-refractivity contribution is 5.83. The highest BCUT2D eigenvalue weighted by atomic mass is 19.4.